The molecule has 1 N–H and O–H groups in total. The van der Waals surface area contributed by atoms with Gasteiger partial charge < -0.3 is 9.52 Å². The van der Waals surface area contributed by atoms with Crippen LogP contribution < -0.4 is 0 Å². The zero-order chi connectivity index (χ0) is 14.7. The third kappa shape index (κ3) is 3.44. The van der Waals surface area contributed by atoms with E-state index in [0.29, 0.717) is 11.1 Å². The molecule has 0 unspecified atom stereocenters. The standard InChI is InChI=1S/C16H14N2O2S/c1-11-2-4-12(5-3-11)10-21-16-18-17-15(20-16)13-6-8-14(19)9-7-13/h2-9,19H,10H2,1H3. The van der Waals surface area contributed by atoms with E-state index in [1.807, 2.05) is 0 Å². The van der Waals surface area contributed by atoms with Crippen molar-refractivity contribution in [1.82, 2.24) is 10.2 Å². The fourth-order valence-electron chi connectivity index (χ4n) is 1.82. The lowest BCUT2D eigenvalue weighted by atomic mass is 10.2. The quantitative estimate of drug-likeness (QED) is 0.736. The zero-order valence-corrected chi connectivity index (χ0v) is 12.3. The smallest absolute Gasteiger partial charge is 0.277 e. The molecule has 0 aliphatic carbocycles. The molecule has 106 valence electrons. The van der Waals surface area contributed by atoms with Gasteiger partial charge in [-0.3, -0.25) is 0 Å². The summed E-state index contributed by atoms with van der Waals surface area (Å²) >= 11 is 1.51. The van der Waals surface area contributed by atoms with E-state index < -0.39 is 0 Å². The molecule has 21 heavy (non-hydrogen) atoms. The van der Waals surface area contributed by atoms with Crippen molar-refractivity contribution in [1.29, 1.82) is 0 Å². The highest BCUT2D eigenvalue weighted by atomic mass is 32.2. The van der Waals surface area contributed by atoms with Gasteiger partial charge in [0.25, 0.3) is 5.22 Å². The first kappa shape index (κ1) is 13.7. The van der Waals surface area contributed by atoms with E-state index >= 15 is 0 Å². The Morgan fingerprint density at radius 1 is 1.00 bits per heavy atom. The van der Waals surface area contributed by atoms with Crippen LogP contribution in [0.15, 0.2) is 58.2 Å². The average Bonchev–Trinajstić information content (AvgIpc) is 2.96. The van der Waals surface area contributed by atoms with Gasteiger partial charge >= 0.3 is 0 Å². The predicted octanol–water partition coefficient (Wildman–Crippen LogP) is 4.04. The van der Waals surface area contributed by atoms with Gasteiger partial charge in [-0.1, -0.05) is 41.6 Å². The molecule has 0 aliphatic rings. The number of thioether (sulfide) groups is 1. The summed E-state index contributed by atoms with van der Waals surface area (Å²) in [5, 5.41) is 17.9. The van der Waals surface area contributed by atoms with Gasteiger partial charge in [-0.2, -0.15) is 0 Å². The van der Waals surface area contributed by atoms with Gasteiger partial charge in [0, 0.05) is 11.3 Å². The molecule has 0 saturated carbocycles. The van der Waals surface area contributed by atoms with Crippen LogP contribution in [-0.2, 0) is 5.75 Å². The van der Waals surface area contributed by atoms with Crippen molar-refractivity contribution in [2.45, 2.75) is 17.9 Å². The molecule has 0 atom stereocenters. The van der Waals surface area contributed by atoms with Crippen LogP contribution in [0.2, 0.25) is 0 Å². The van der Waals surface area contributed by atoms with E-state index in [1.54, 1.807) is 24.3 Å². The number of rotatable bonds is 4. The minimum absolute atomic E-state index is 0.215. The molecule has 2 aromatic carbocycles. The lowest BCUT2D eigenvalue weighted by molar-refractivity contribution is 0.465. The second-order valence-corrected chi connectivity index (χ2v) is 5.62. The number of phenols is 1. The topological polar surface area (TPSA) is 59.2 Å². The van der Waals surface area contributed by atoms with Crippen molar-refractivity contribution >= 4 is 11.8 Å². The number of aromatic hydroxyl groups is 1. The Morgan fingerprint density at radius 3 is 2.43 bits per heavy atom. The molecular weight excluding hydrogens is 284 g/mol. The number of hydrogen-bond acceptors (Lipinski definition) is 5. The fourth-order valence-corrected chi connectivity index (χ4v) is 2.54. The molecule has 0 saturated heterocycles. The number of phenolic OH excluding ortho intramolecular Hbond substituents is 1. The molecule has 4 nitrogen and oxygen atoms in total. The van der Waals surface area contributed by atoms with Crippen LogP contribution in [0, 0.1) is 6.92 Å². The largest absolute Gasteiger partial charge is 0.508 e. The Balaban J connectivity index is 1.67. The molecule has 0 aliphatic heterocycles. The number of benzene rings is 2. The lowest BCUT2D eigenvalue weighted by Crippen LogP contribution is -1.81. The molecule has 0 radical (unpaired) electrons. The van der Waals surface area contributed by atoms with Gasteiger partial charge in [0.15, 0.2) is 0 Å². The summed E-state index contributed by atoms with van der Waals surface area (Å²) in [7, 11) is 0. The summed E-state index contributed by atoms with van der Waals surface area (Å²) in [5.74, 6) is 1.46. The second kappa shape index (κ2) is 6.01. The van der Waals surface area contributed by atoms with Crippen LogP contribution in [0.25, 0.3) is 11.5 Å². The van der Waals surface area contributed by atoms with E-state index in [9.17, 15) is 5.11 Å². The Bertz CT molecular complexity index is 721. The van der Waals surface area contributed by atoms with Crippen LogP contribution in [0.3, 0.4) is 0 Å². The number of hydrogen-bond donors (Lipinski definition) is 1. The number of aromatic nitrogens is 2. The van der Waals surface area contributed by atoms with Crippen LogP contribution in [0.4, 0.5) is 0 Å². The minimum Gasteiger partial charge on any atom is -0.508 e. The summed E-state index contributed by atoms with van der Waals surface area (Å²) in [4.78, 5) is 0. The maximum atomic E-state index is 9.27. The molecule has 1 aromatic heterocycles. The molecule has 3 aromatic rings. The van der Waals surface area contributed by atoms with Gasteiger partial charge in [-0.05, 0) is 36.8 Å². The first-order chi connectivity index (χ1) is 10.2. The summed E-state index contributed by atoms with van der Waals surface area (Å²) < 4.78 is 5.61. The van der Waals surface area contributed by atoms with Crippen LogP contribution in [0.5, 0.6) is 5.75 Å². The van der Waals surface area contributed by atoms with Crippen LogP contribution >= 0.6 is 11.8 Å². The molecule has 0 amide bonds. The Labute approximate surface area is 126 Å². The van der Waals surface area contributed by atoms with Crippen LogP contribution in [-0.4, -0.2) is 15.3 Å². The fraction of sp³-hybridized carbons (Fsp3) is 0.125. The Morgan fingerprint density at radius 2 is 1.71 bits per heavy atom. The van der Waals surface area contributed by atoms with Gasteiger partial charge in [0.1, 0.15) is 5.75 Å². The minimum atomic E-state index is 0.215. The van der Waals surface area contributed by atoms with Crippen molar-refractivity contribution in [3.63, 3.8) is 0 Å². The lowest BCUT2D eigenvalue weighted by Gasteiger charge is -1.99. The molecule has 0 fully saturated rings. The Hall–Kier alpha value is -2.27. The van der Waals surface area contributed by atoms with E-state index in [4.69, 9.17) is 4.42 Å². The highest BCUT2D eigenvalue weighted by Crippen LogP contribution is 2.26. The highest BCUT2D eigenvalue weighted by molar-refractivity contribution is 7.98. The van der Waals surface area contributed by atoms with Crippen molar-refractivity contribution in [3.05, 3.63) is 59.7 Å². The second-order valence-electron chi connectivity index (χ2n) is 4.69. The third-order valence-electron chi connectivity index (χ3n) is 3.00. The molecule has 0 spiro atoms. The molecular formula is C16H14N2O2S. The average molecular weight is 298 g/mol. The van der Waals surface area contributed by atoms with Crippen molar-refractivity contribution in [2.24, 2.45) is 0 Å². The first-order valence-corrected chi connectivity index (χ1v) is 7.50. The monoisotopic (exact) mass is 298 g/mol. The summed E-state index contributed by atoms with van der Waals surface area (Å²) in [6.07, 6.45) is 0. The normalized spacial score (nSPS) is 10.7. The zero-order valence-electron chi connectivity index (χ0n) is 11.5. The molecule has 1 heterocycles. The van der Waals surface area contributed by atoms with Crippen molar-refractivity contribution in [3.8, 4) is 17.2 Å². The van der Waals surface area contributed by atoms with E-state index in [2.05, 4.69) is 41.4 Å². The first-order valence-electron chi connectivity index (χ1n) is 6.52. The molecule has 0 bridgehead atoms. The molecule has 3 rings (SSSR count). The van der Waals surface area contributed by atoms with Gasteiger partial charge in [0.2, 0.25) is 5.89 Å². The van der Waals surface area contributed by atoms with Gasteiger partial charge in [0.05, 0.1) is 0 Å². The van der Waals surface area contributed by atoms with Crippen LogP contribution in [0.1, 0.15) is 11.1 Å². The SMILES string of the molecule is Cc1ccc(CSc2nnc(-c3ccc(O)cc3)o2)cc1. The Kier molecular flexibility index (Phi) is 3.92. The molecule has 5 heteroatoms. The van der Waals surface area contributed by atoms with Gasteiger partial charge in [-0.25, -0.2) is 0 Å². The van der Waals surface area contributed by atoms with E-state index in [1.165, 1.54) is 22.9 Å². The highest BCUT2D eigenvalue weighted by Gasteiger charge is 2.09. The number of aryl methyl sites for hydroxylation is 1. The van der Waals surface area contributed by atoms with E-state index in [0.717, 1.165) is 11.3 Å². The maximum Gasteiger partial charge on any atom is 0.277 e. The van der Waals surface area contributed by atoms with Crippen molar-refractivity contribution in [2.75, 3.05) is 0 Å². The third-order valence-corrected chi connectivity index (χ3v) is 3.89. The summed E-state index contributed by atoms with van der Waals surface area (Å²) in [6, 6.07) is 15.1. The van der Waals surface area contributed by atoms with Gasteiger partial charge in [-0.15, -0.1) is 10.2 Å². The summed E-state index contributed by atoms with van der Waals surface area (Å²) in [6.45, 7) is 2.07. The predicted molar refractivity (Wildman–Crippen MR) is 82.1 cm³/mol. The maximum absolute atomic E-state index is 9.27. The van der Waals surface area contributed by atoms with E-state index in [-0.39, 0.29) is 5.75 Å². The van der Waals surface area contributed by atoms with Crippen molar-refractivity contribution < 1.29 is 9.52 Å². The number of nitrogens with zero attached hydrogens (tertiary/aromatic N) is 2. The summed E-state index contributed by atoms with van der Waals surface area (Å²) in [5.41, 5.74) is 3.26.